The summed E-state index contributed by atoms with van der Waals surface area (Å²) in [6.07, 6.45) is -5.87. The van der Waals surface area contributed by atoms with Gasteiger partial charge in [0.05, 0.1) is 12.6 Å². The Labute approximate surface area is 90.6 Å². The van der Waals surface area contributed by atoms with Crippen LogP contribution < -0.4 is 10.6 Å². The predicted molar refractivity (Wildman–Crippen MR) is 46.6 cm³/mol. The highest BCUT2D eigenvalue weighted by Gasteiger charge is 2.42. The van der Waals surface area contributed by atoms with Crippen molar-refractivity contribution in [3.05, 3.63) is 0 Å². The van der Waals surface area contributed by atoms with E-state index in [1.54, 1.807) is 0 Å². The van der Waals surface area contributed by atoms with Crippen LogP contribution in [-0.4, -0.2) is 57.5 Å². The zero-order valence-electron chi connectivity index (χ0n) is 8.04. The molecule has 1 aliphatic heterocycles. The average molecular weight is 258 g/mol. The van der Waals surface area contributed by atoms with E-state index in [1.807, 2.05) is 0 Å². The molecule has 0 amide bonds. The number of hydrogen-bond acceptors (Lipinski definition) is 8. The third-order valence-electron chi connectivity index (χ3n) is 2.17. The summed E-state index contributed by atoms with van der Waals surface area (Å²) in [4.78, 5) is 18.6. The van der Waals surface area contributed by atoms with E-state index in [0.717, 1.165) is 0 Å². The largest absolute Gasteiger partial charge is 0.756 e. The number of phosphoric ester groups is 1. The Bertz CT molecular complexity index is 282. The van der Waals surface area contributed by atoms with Gasteiger partial charge < -0.3 is 40.1 Å². The van der Waals surface area contributed by atoms with Gasteiger partial charge in [0.2, 0.25) is 0 Å². The van der Waals surface area contributed by atoms with Crippen LogP contribution in [0.15, 0.2) is 0 Å². The molecule has 0 spiro atoms. The SMILES string of the molecule is N[C@@H]1[C@@H](O)[C@H](O)[C@@H](COP(=O)([O-])O)O[C@@H]1O. The molecule has 1 saturated heterocycles. The van der Waals surface area contributed by atoms with Crippen molar-refractivity contribution < 1.29 is 38.9 Å². The Morgan fingerprint density at radius 2 is 1.94 bits per heavy atom. The van der Waals surface area contributed by atoms with Gasteiger partial charge in [-0.3, -0.25) is 4.57 Å². The fourth-order valence-electron chi connectivity index (χ4n) is 1.27. The van der Waals surface area contributed by atoms with E-state index >= 15 is 0 Å². The lowest BCUT2D eigenvalue weighted by atomic mass is 9.98. The van der Waals surface area contributed by atoms with Crippen LogP contribution >= 0.6 is 7.82 Å². The number of rotatable bonds is 3. The zero-order valence-corrected chi connectivity index (χ0v) is 8.93. The monoisotopic (exact) mass is 258 g/mol. The lowest BCUT2D eigenvalue weighted by Crippen LogP contribution is -2.61. The van der Waals surface area contributed by atoms with E-state index in [2.05, 4.69) is 4.52 Å². The summed E-state index contributed by atoms with van der Waals surface area (Å²) >= 11 is 0. The van der Waals surface area contributed by atoms with Crippen LogP contribution in [0.25, 0.3) is 0 Å². The Morgan fingerprint density at radius 3 is 2.44 bits per heavy atom. The Hall–Kier alpha value is -0.0900. The highest BCUT2D eigenvalue weighted by atomic mass is 31.2. The molecule has 1 unspecified atom stereocenters. The first-order valence-electron chi connectivity index (χ1n) is 4.36. The molecule has 0 aromatic rings. The van der Waals surface area contributed by atoms with Gasteiger partial charge in [0.1, 0.15) is 18.3 Å². The Kier molecular flexibility index (Phi) is 4.41. The first-order chi connectivity index (χ1) is 7.22. The van der Waals surface area contributed by atoms with Crippen LogP contribution in [-0.2, 0) is 13.8 Å². The molecule has 6 atom stereocenters. The smallest absolute Gasteiger partial charge is 0.265 e. The summed E-state index contributed by atoms with van der Waals surface area (Å²) < 4.78 is 19.0. The first kappa shape index (κ1) is 14.0. The fraction of sp³-hybridized carbons (Fsp3) is 1.00. The maximum absolute atomic E-state index is 10.3. The van der Waals surface area contributed by atoms with Crippen molar-refractivity contribution in [2.75, 3.05) is 6.61 Å². The molecule has 96 valence electrons. The molecule has 0 bridgehead atoms. The number of ether oxygens (including phenoxy) is 1. The van der Waals surface area contributed by atoms with Gasteiger partial charge in [-0.25, -0.2) is 0 Å². The summed E-state index contributed by atoms with van der Waals surface area (Å²) in [5.41, 5.74) is 5.26. The van der Waals surface area contributed by atoms with Gasteiger partial charge in [0.25, 0.3) is 7.82 Å². The number of hydrogen-bond donors (Lipinski definition) is 5. The first-order valence-corrected chi connectivity index (χ1v) is 5.85. The Balaban J connectivity index is 2.57. The molecule has 0 aliphatic carbocycles. The molecule has 1 fully saturated rings. The number of nitrogens with two attached hydrogens (primary N) is 1. The minimum absolute atomic E-state index is 0.737. The van der Waals surface area contributed by atoms with Gasteiger partial charge in [-0.2, -0.15) is 0 Å². The van der Waals surface area contributed by atoms with Crippen molar-refractivity contribution in [1.82, 2.24) is 0 Å². The lowest BCUT2D eigenvalue weighted by Gasteiger charge is -2.39. The lowest BCUT2D eigenvalue weighted by molar-refractivity contribution is -0.258. The van der Waals surface area contributed by atoms with E-state index in [1.165, 1.54) is 0 Å². The van der Waals surface area contributed by atoms with Gasteiger partial charge in [-0.15, -0.1) is 0 Å². The summed E-state index contributed by atoms with van der Waals surface area (Å²) in [5, 5.41) is 27.9. The summed E-state index contributed by atoms with van der Waals surface area (Å²) in [7, 11) is -4.95. The quantitative estimate of drug-likeness (QED) is 0.319. The zero-order chi connectivity index (χ0) is 12.5. The van der Waals surface area contributed by atoms with Crippen molar-refractivity contribution in [3.8, 4) is 0 Å². The van der Waals surface area contributed by atoms with Crippen molar-refractivity contribution >= 4 is 7.82 Å². The summed E-state index contributed by atoms with van der Waals surface area (Å²) in [6, 6.07) is -1.21. The molecule has 0 saturated carbocycles. The molecule has 16 heavy (non-hydrogen) atoms. The van der Waals surface area contributed by atoms with E-state index in [4.69, 9.17) is 15.4 Å². The molecule has 1 heterocycles. The van der Waals surface area contributed by atoms with Gasteiger partial charge in [0.15, 0.2) is 6.29 Å². The van der Waals surface area contributed by atoms with Crippen LogP contribution in [0.4, 0.5) is 0 Å². The highest BCUT2D eigenvalue weighted by molar-refractivity contribution is 7.44. The maximum atomic E-state index is 10.3. The highest BCUT2D eigenvalue weighted by Crippen LogP contribution is 2.31. The molecular formula is C6H13NO8P-. The number of phosphoric acid groups is 1. The van der Waals surface area contributed by atoms with Gasteiger partial charge in [-0.1, -0.05) is 0 Å². The van der Waals surface area contributed by atoms with E-state index in [9.17, 15) is 24.8 Å². The topological polar surface area (TPSA) is 166 Å². The molecular weight excluding hydrogens is 245 g/mol. The van der Waals surface area contributed by atoms with Crippen LogP contribution in [0.5, 0.6) is 0 Å². The molecule has 0 radical (unpaired) electrons. The third-order valence-corrected chi connectivity index (χ3v) is 2.65. The molecule has 9 nitrogen and oxygen atoms in total. The molecule has 10 heteroatoms. The van der Waals surface area contributed by atoms with Crippen molar-refractivity contribution in [3.63, 3.8) is 0 Å². The van der Waals surface area contributed by atoms with Crippen LogP contribution in [0.2, 0.25) is 0 Å². The molecule has 1 aliphatic rings. The van der Waals surface area contributed by atoms with E-state index in [0.29, 0.717) is 0 Å². The summed E-state index contributed by atoms with van der Waals surface area (Å²) in [6.45, 7) is -0.737. The van der Waals surface area contributed by atoms with Crippen molar-refractivity contribution in [2.45, 2.75) is 30.6 Å². The second kappa shape index (κ2) is 5.05. The molecule has 1 rings (SSSR count). The number of aliphatic hydroxyl groups excluding tert-OH is 3. The second-order valence-electron chi connectivity index (χ2n) is 3.39. The van der Waals surface area contributed by atoms with Crippen molar-refractivity contribution in [2.24, 2.45) is 5.73 Å². The van der Waals surface area contributed by atoms with Gasteiger partial charge in [-0.05, 0) is 0 Å². The molecule has 6 N–H and O–H groups in total. The van der Waals surface area contributed by atoms with Crippen LogP contribution in [0.1, 0.15) is 0 Å². The van der Waals surface area contributed by atoms with Crippen LogP contribution in [0, 0.1) is 0 Å². The molecule has 0 aromatic heterocycles. The van der Waals surface area contributed by atoms with Gasteiger partial charge >= 0.3 is 0 Å². The summed E-state index contributed by atoms with van der Waals surface area (Å²) in [5.74, 6) is 0. The minimum Gasteiger partial charge on any atom is -0.756 e. The van der Waals surface area contributed by atoms with Crippen molar-refractivity contribution in [1.29, 1.82) is 0 Å². The standard InChI is InChI=1S/C6H14NO8P/c7-3-5(9)4(8)2(15-6(3)10)1-14-16(11,12)13/h2-6,8-10H,1,7H2,(H2,11,12,13)/p-1/t2-,3-,4-,5-,6+/m1/s1. The Morgan fingerprint density at radius 1 is 1.38 bits per heavy atom. The van der Waals surface area contributed by atoms with E-state index < -0.39 is 45.1 Å². The fourth-order valence-corrected chi connectivity index (χ4v) is 1.61. The number of aliphatic hydroxyl groups is 3. The average Bonchev–Trinajstić information content (AvgIpc) is 2.17. The predicted octanol–water partition coefficient (Wildman–Crippen LogP) is -3.77. The molecule has 0 aromatic carbocycles. The van der Waals surface area contributed by atoms with E-state index in [-0.39, 0.29) is 0 Å². The minimum atomic E-state index is -4.95. The van der Waals surface area contributed by atoms with Crippen LogP contribution in [0.3, 0.4) is 0 Å². The third kappa shape index (κ3) is 3.45. The second-order valence-corrected chi connectivity index (χ2v) is 4.58. The maximum Gasteiger partial charge on any atom is 0.265 e. The van der Waals surface area contributed by atoms with Gasteiger partial charge in [0, 0.05) is 0 Å². The normalized spacial score (nSPS) is 44.0.